The van der Waals surface area contributed by atoms with Crippen LogP contribution in [0.1, 0.15) is 32.6 Å². The van der Waals surface area contributed by atoms with E-state index in [0.717, 1.165) is 25.8 Å². The molecule has 1 rings (SSSR count). The molecule has 18 heavy (non-hydrogen) atoms. The molecule has 1 saturated heterocycles. The number of rotatable bonds is 6. The molecule has 1 amide bonds. The van der Waals surface area contributed by atoms with Crippen molar-refractivity contribution in [3.05, 3.63) is 0 Å². The van der Waals surface area contributed by atoms with Crippen LogP contribution >= 0.6 is 0 Å². The second-order valence-electron chi connectivity index (χ2n) is 5.08. The highest BCUT2D eigenvalue weighted by Crippen LogP contribution is 2.19. The zero-order chi connectivity index (χ0) is 13.6. The maximum absolute atomic E-state index is 11.9. The van der Waals surface area contributed by atoms with Crippen molar-refractivity contribution >= 4 is 15.7 Å². The van der Waals surface area contributed by atoms with Crippen LogP contribution in [0.25, 0.3) is 0 Å². The molecule has 2 N–H and O–H groups in total. The minimum Gasteiger partial charge on any atom is -0.355 e. The van der Waals surface area contributed by atoms with Crippen LogP contribution in [0.4, 0.5) is 0 Å². The van der Waals surface area contributed by atoms with Gasteiger partial charge < -0.3 is 10.6 Å². The minimum atomic E-state index is -2.93. The molecule has 0 bridgehead atoms. The van der Waals surface area contributed by atoms with Crippen molar-refractivity contribution in [1.82, 2.24) is 10.6 Å². The van der Waals surface area contributed by atoms with Crippen molar-refractivity contribution in [3.8, 4) is 0 Å². The molecular weight excluding hydrogens is 252 g/mol. The Morgan fingerprint density at radius 1 is 1.44 bits per heavy atom. The van der Waals surface area contributed by atoms with E-state index >= 15 is 0 Å². The summed E-state index contributed by atoms with van der Waals surface area (Å²) in [6.45, 7) is 3.47. The summed E-state index contributed by atoms with van der Waals surface area (Å²) in [7, 11) is -2.93. The van der Waals surface area contributed by atoms with Crippen LogP contribution < -0.4 is 10.6 Å². The fraction of sp³-hybridized carbons (Fsp3) is 0.917. The van der Waals surface area contributed by atoms with Gasteiger partial charge in [-0.3, -0.25) is 4.79 Å². The molecular formula is C12H24N2O3S. The number of sulfone groups is 1. The molecule has 0 aromatic rings. The highest BCUT2D eigenvalue weighted by atomic mass is 32.2. The van der Waals surface area contributed by atoms with Gasteiger partial charge >= 0.3 is 0 Å². The first kappa shape index (κ1) is 15.4. The molecule has 106 valence electrons. The van der Waals surface area contributed by atoms with Crippen molar-refractivity contribution in [2.24, 2.45) is 5.92 Å². The predicted molar refractivity (Wildman–Crippen MR) is 72.1 cm³/mol. The Morgan fingerprint density at radius 3 is 2.78 bits per heavy atom. The number of nitrogens with one attached hydrogen (secondary N) is 2. The predicted octanol–water partition coefficient (Wildman–Crippen LogP) is 0.316. The molecule has 0 saturated carbocycles. The number of piperidine rings is 1. The summed E-state index contributed by atoms with van der Waals surface area (Å²) in [6.07, 6.45) is 4.82. The lowest BCUT2D eigenvalue weighted by Gasteiger charge is -2.28. The van der Waals surface area contributed by atoms with Gasteiger partial charge in [-0.2, -0.15) is 0 Å². The van der Waals surface area contributed by atoms with E-state index in [2.05, 4.69) is 17.6 Å². The number of hydrogen-bond acceptors (Lipinski definition) is 4. The Labute approximate surface area is 110 Å². The van der Waals surface area contributed by atoms with E-state index < -0.39 is 9.84 Å². The molecule has 0 aromatic carbocycles. The van der Waals surface area contributed by atoms with Gasteiger partial charge in [0.05, 0.1) is 11.8 Å². The Hall–Kier alpha value is -0.620. The van der Waals surface area contributed by atoms with E-state index in [4.69, 9.17) is 0 Å². The van der Waals surface area contributed by atoms with Crippen molar-refractivity contribution in [1.29, 1.82) is 0 Å². The summed E-state index contributed by atoms with van der Waals surface area (Å²) in [6, 6.07) is -0.109. The topological polar surface area (TPSA) is 75.3 Å². The summed E-state index contributed by atoms with van der Waals surface area (Å²) in [4.78, 5) is 11.9. The Morgan fingerprint density at radius 2 is 2.17 bits per heavy atom. The highest BCUT2D eigenvalue weighted by molar-refractivity contribution is 7.90. The summed E-state index contributed by atoms with van der Waals surface area (Å²) < 4.78 is 21.9. The molecule has 2 atom stereocenters. The second-order valence-corrected chi connectivity index (χ2v) is 7.34. The van der Waals surface area contributed by atoms with E-state index in [1.807, 2.05) is 0 Å². The summed E-state index contributed by atoms with van der Waals surface area (Å²) in [5.41, 5.74) is 0. The second kappa shape index (κ2) is 7.09. The van der Waals surface area contributed by atoms with E-state index in [1.165, 1.54) is 6.26 Å². The van der Waals surface area contributed by atoms with E-state index in [-0.39, 0.29) is 17.7 Å². The largest absolute Gasteiger partial charge is 0.355 e. The Balaban J connectivity index is 2.24. The van der Waals surface area contributed by atoms with Crippen LogP contribution in [0, 0.1) is 5.92 Å². The van der Waals surface area contributed by atoms with E-state index in [9.17, 15) is 13.2 Å². The maximum Gasteiger partial charge on any atom is 0.237 e. The van der Waals surface area contributed by atoms with Crippen molar-refractivity contribution < 1.29 is 13.2 Å². The average Bonchev–Trinajstić information content (AvgIpc) is 2.33. The lowest BCUT2D eigenvalue weighted by Crippen LogP contribution is -2.48. The smallest absolute Gasteiger partial charge is 0.237 e. The molecule has 0 spiro atoms. The molecule has 1 aliphatic heterocycles. The number of carbonyl (C=O) groups is 1. The van der Waals surface area contributed by atoms with Crippen LogP contribution in [0.3, 0.4) is 0 Å². The lowest BCUT2D eigenvalue weighted by atomic mass is 9.90. The van der Waals surface area contributed by atoms with Crippen LogP contribution in [-0.4, -0.2) is 45.5 Å². The molecule has 6 heteroatoms. The van der Waals surface area contributed by atoms with Gasteiger partial charge in [-0.1, -0.05) is 13.3 Å². The molecule has 0 aliphatic carbocycles. The van der Waals surface area contributed by atoms with Gasteiger partial charge in [0.1, 0.15) is 9.84 Å². The number of hydrogen-bond donors (Lipinski definition) is 2. The summed E-state index contributed by atoms with van der Waals surface area (Å²) >= 11 is 0. The monoisotopic (exact) mass is 276 g/mol. The third kappa shape index (κ3) is 5.82. The lowest BCUT2D eigenvalue weighted by molar-refractivity contribution is -0.124. The first-order valence-corrected chi connectivity index (χ1v) is 8.67. The Kier molecular flexibility index (Phi) is 6.08. The van der Waals surface area contributed by atoms with Crippen LogP contribution in [0.15, 0.2) is 0 Å². The molecule has 1 aliphatic rings. The maximum atomic E-state index is 11.9. The summed E-state index contributed by atoms with van der Waals surface area (Å²) in [5.74, 6) is 0.753. The van der Waals surface area contributed by atoms with Gasteiger partial charge in [-0.05, 0) is 31.7 Å². The molecule has 1 fully saturated rings. The number of amides is 1. The third-order valence-corrected chi connectivity index (χ3v) is 4.43. The number of carbonyl (C=O) groups excluding carboxylic acids is 1. The Bertz CT molecular complexity index is 368. The average molecular weight is 276 g/mol. The van der Waals surface area contributed by atoms with Gasteiger partial charge in [-0.25, -0.2) is 8.42 Å². The minimum absolute atomic E-state index is 0.00153. The van der Waals surface area contributed by atoms with Crippen molar-refractivity contribution in [3.63, 3.8) is 0 Å². The van der Waals surface area contributed by atoms with Crippen LogP contribution in [-0.2, 0) is 14.6 Å². The zero-order valence-electron chi connectivity index (χ0n) is 11.2. The van der Waals surface area contributed by atoms with Crippen molar-refractivity contribution in [2.45, 2.75) is 38.6 Å². The van der Waals surface area contributed by atoms with Crippen LogP contribution in [0.2, 0.25) is 0 Å². The molecule has 0 aromatic heterocycles. The van der Waals surface area contributed by atoms with Gasteiger partial charge in [-0.15, -0.1) is 0 Å². The van der Waals surface area contributed by atoms with Crippen LogP contribution in [0.5, 0.6) is 0 Å². The standard InChI is InChI=1S/C12H24N2O3S/c1-3-10-5-7-13-11(9-10)12(15)14-6-4-8-18(2,16)17/h10-11,13H,3-9H2,1-2H3,(H,14,15). The first-order chi connectivity index (χ1) is 8.42. The molecule has 2 unspecified atom stereocenters. The first-order valence-electron chi connectivity index (χ1n) is 6.61. The SMILES string of the molecule is CCC1CCNC(C(=O)NCCCS(C)(=O)=O)C1. The highest BCUT2D eigenvalue weighted by Gasteiger charge is 2.25. The van der Waals surface area contributed by atoms with Gasteiger partial charge in [0, 0.05) is 12.8 Å². The quantitative estimate of drug-likeness (QED) is 0.685. The molecule has 5 nitrogen and oxygen atoms in total. The van der Waals surface area contributed by atoms with Gasteiger partial charge in [0.15, 0.2) is 0 Å². The molecule has 1 heterocycles. The normalized spacial score (nSPS) is 24.8. The summed E-state index contributed by atoms with van der Waals surface area (Å²) in [5, 5.41) is 6.01. The fourth-order valence-electron chi connectivity index (χ4n) is 2.24. The molecule has 0 radical (unpaired) electrons. The third-order valence-electron chi connectivity index (χ3n) is 3.40. The van der Waals surface area contributed by atoms with Gasteiger partial charge in [0.2, 0.25) is 5.91 Å². The van der Waals surface area contributed by atoms with Gasteiger partial charge in [0.25, 0.3) is 0 Å². The van der Waals surface area contributed by atoms with E-state index in [0.29, 0.717) is 18.9 Å². The van der Waals surface area contributed by atoms with Crippen molar-refractivity contribution in [2.75, 3.05) is 25.1 Å². The fourth-order valence-corrected chi connectivity index (χ4v) is 2.90. The zero-order valence-corrected chi connectivity index (χ0v) is 12.1. The van der Waals surface area contributed by atoms with E-state index in [1.54, 1.807) is 0 Å².